The van der Waals surface area contributed by atoms with Crippen molar-refractivity contribution < 1.29 is 0 Å². The van der Waals surface area contributed by atoms with Crippen LogP contribution in [0.25, 0.3) is 0 Å². The van der Waals surface area contributed by atoms with Crippen molar-refractivity contribution in [2.24, 2.45) is 0 Å². The lowest BCUT2D eigenvalue weighted by Crippen LogP contribution is -2.47. The van der Waals surface area contributed by atoms with Crippen LogP contribution in [0.5, 0.6) is 0 Å². The minimum Gasteiger partial charge on any atom is -0.302 e. The summed E-state index contributed by atoms with van der Waals surface area (Å²) < 4.78 is 0. The predicted octanol–water partition coefficient (Wildman–Crippen LogP) is 4.63. The van der Waals surface area contributed by atoms with E-state index in [9.17, 15) is 0 Å². The molecule has 1 saturated heterocycles. The van der Waals surface area contributed by atoms with Crippen LogP contribution in [0.15, 0.2) is 60.7 Å². The van der Waals surface area contributed by atoms with Crippen LogP contribution >= 0.6 is 0 Å². The quantitative estimate of drug-likeness (QED) is 0.799. The molecule has 0 bridgehead atoms. The summed E-state index contributed by atoms with van der Waals surface area (Å²) in [6.45, 7) is 5.96. The molecule has 128 valence electrons. The van der Waals surface area contributed by atoms with Crippen molar-refractivity contribution in [3.63, 3.8) is 0 Å². The first kappa shape index (κ1) is 17.2. The number of hydrogen-bond acceptors (Lipinski definition) is 2. The predicted molar refractivity (Wildman–Crippen MR) is 102 cm³/mol. The molecule has 2 aromatic rings. The Morgan fingerprint density at radius 2 is 1.62 bits per heavy atom. The maximum atomic E-state index is 3.95. The third kappa shape index (κ3) is 4.68. The number of benzene rings is 2. The lowest BCUT2D eigenvalue weighted by Gasteiger charge is -2.35. The summed E-state index contributed by atoms with van der Waals surface area (Å²) in [6.07, 6.45) is 5.18. The molecule has 1 aliphatic rings. The van der Waals surface area contributed by atoms with Gasteiger partial charge in [0.15, 0.2) is 0 Å². The molecule has 2 nitrogen and oxygen atoms in total. The number of unbranched alkanes of at least 4 members (excludes halogenated alkanes) is 1. The van der Waals surface area contributed by atoms with E-state index in [1.54, 1.807) is 0 Å². The molecule has 1 atom stereocenters. The van der Waals surface area contributed by atoms with E-state index in [0.29, 0.717) is 6.04 Å². The monoisotopic (exact) mass is 322 g/mol. The van der Waals surface area contributed by atoms with Gasteiger partial charge in [-0.25, -0.2) is 0 Å². The number of likely N-dealkylation sites (tertiary alicyclic amines) is 1. The van der Waals surface area contributed by atoms with E-state index in [1.165, 1.54) is 56.4 Å². The Balaban J connectivity index is 1.72. The van der Waals surface area contributed by atoms with Gasteiger partial charge < -0.3 is 10.2 Å². The summed E-state index contributed by atoms with van der Waals surface area (Å²) >= 11 is 0. The Morgan fingerprint density at radius 3 is 2.21 bits per heavy atom. The van der Waals surface area contributed by atoms with Crippen LogP contribution in [-0.4, -0.2) is 30.6 Å². The van der Waals surface area contributed by atoms with Crippen molar-refractivity contribution in [2.75, 3.05) is 19.6 Å². The maximum absolute atomic E-state index is 3.95. The molecule has 1 aliphatic heterocycles. The second kappa shape index (κ2) is 9.00. The average Bonchev–Trinajstić information content (AvgIpc) is 2.66. The van der Waals surface area contributed by atoms with Crippen LogP contribution in [0.2, 0.25) is 0 Å². The van der Waals surface area contributed by atoms with Gasteiger partial charge in [0, 0.05) is 12.6 Å². The van der Waals surface area contributed by atoms with Crippen molar-refractivity contribution in [3.8, 4) is 0 Å². The SMILES string of the molecule is CCCCN1CCCC(NC(c2ccccc2)c2ccccc2)C1. The van der Waals surface area contributed by atoms with E-state index in [0.717, 1.165) is 0 Å². The summed E-state index contributed by atoms with van der Waals surface area (Å²) in [7, 11) is 0. The molecule has 2 heteroatoms. The van der Waals surface area contributed by atoms with Gasteiger partial charge in [0.05, 0.1) is 6.04 Å². The Bertz CT molecular complexity index is 542. The first-order chi connectivity index (χ1) is 11.9. The van der Waals surface area contributed by atoms with Crippen LogP contribution in [0.3, 0.4) is 0 Å². The van der Waals surface area contributed by atoms with E-state index in [4.69, 9.17) is 0 Å². The Kier molecular flexibility index (Phi) is 6.45. The first-order valence-corrected chi connectivity index (χ1v) is 9.45. The van der Waals surface area contributed by atoms with Crippen LogP contribution in [0, 0.1) is 0 Å². The number of nitrogens with one attached hydrogen (secondary N) is 1. The molecule has 0 saturated carbocycles. The van der Waals surface area contributed by atoms with Crippen molar-refractivity contribution >= 4 is 0 Å². The Labute approximate surface area is 146 Å². The van der Waals surface area contributed by atoms with Gasteiger partial charge in [0.1, 0.15) is 0 Å². The van der Waals surface area contributed by atoms with Gasteiger partial charge in [-0.05, 0) is 43.5 Å². The number of piperidine rings is 1. The molecule has 0 amide bonds. The molecule has 2 aromatic carbocycles. The molecule has 1 N–H and O–H groups in total. The van der Waals surface area contributed by atoms with E-state index >= 15 is 0 Å². The highest BCUT2D eigenvalue weighted by Gasteiger charge is 2.23. The molecular formula is C22H30N2. The summed E-state index contributed by atoms with van der Waals surface area (Å²) in [5, 5.41) is 3.95. The molecule has 0 aromatic heterocycles. The van der Waals surface area contributed by atoms with Gasteiger partial charge >= 0.3 is 0 Å². The zero-order chi connectivity index (χ0) is 16.6. The van der Waals surface area contributed by atoms with Crippen molar-refractivity contribution in [1.82, 2.24) is 10.2 Å². The summed E-state index contributed by atoms with van der Waals surface area (Å²) in [6, 6.07) is 22.6. The first-order valence-electron chi connectivity index (χ1n) is 9.45. The average molecular weight is 322 g/mol. The fourth-order valence-electron chi connectivity index (χ4n) is 3.69. The second-order valence-electron chi connectivity index (χ2n) is 6.91. The topological polar surface area (TPSA) is 15.3 Å². The van der Waals surface area contributed by atoms with Crippen molar-refractivity contribution in [1.29, 1.82) is 0 Å². The van der Waals surface area contributed by atoms with Gasteiger partial charge in [-0.2, -0.15) is 0 Å². The third-order valence-corrected chi connectivity index (χ3v) is 5.00. The van der Waals surface area contributed by atoms with Crippen molar-refractivity contribution in [2.45, 2.75) is 44.7 Å². The summed E-state index contributed by atoms with van der Waals surface area (Å²) in [4.78, 5) is 2.64. The lowest BCUT2D eigenvalue weighted by molar-refractivity contribution is 0.184. The van der Waals surface area contributed by atoms with E-state index < -0.39 is 0 Å². The van der Waals surface area contributed by atoms with Crippen LogP contribution in [0.1, 0.15) is 49.8 Å². The van der Waals surface area contributed by atoms with Gasteiger partial charge in [-0.3, -0.25) is 0 Å². The maximum Gasteiger partial charge on any atom is 0.0579 e. The molecule has 1 fully saturated rings. The number of rotatable bonds is 7. The minimum atomic E-state index is 0.281. The Hall–Kier alpha value is -1.64. The Morgan fingerprint density at radius 1 is 1.00 bits per heavy atom. The zero-order valence-corrected chi connectivity index (χ0v) is 14.8. The molecule has 24 heavy (non-hydrogen) atoms. The highest BCUT2D eigenvalue weighted by molar-refractivity contribution is 5.31. The highest BCUT2D eigenvalue weighted by atomic mass is 15.2. The molecular weight excluding hydrogens is 292 g/mol. The minimum absolute atomic E-state index is 0.281. The van der Waals surface area contributed by atoms with E-state index in [1.807, 2.05) is 0 Å². The molecule has 0 spiro atoms. The van der Waals surface area contributed by atoms with E-state index in [2.05, 4.69) is 77.8 Å². The third-order valence-electron chi connectivity index (χ3n) is 5.00. The smallest absolute Gasteiger partial charge is 0.0579 e. The fraction of sp³-hybridized carbons (Fsp3) is 0.455. The number of hydrogen-bond donors (Lipinski definition) is 1. The molecule has 0 aliphatic carbocycles. The zero-order valence-electron chi connectivity index (χ0n) is 14.8. The number of nitrogens with zero attached hydrogens (tertiary/aromatic N) is 1. The van der Waals surface area contributed by atoms with E-state index in [-0.39, 0.29) is 6.04 Å². The molecule has 1 heterocycles. The molecule has 0 radical (unpaired) electrons. The van der Waals surface area contributed by atoms with Crippen molar-refractivity contribution in [3.05, 3.63) is 71.8 Å². The summed E-state index contributed by atoms with van der Waals surface area (Å²) in [5.41, 5.74) is 2.71. The normalized spacial score (nSPS) is 18.8. The van der Waals surface area contributed by atoms with Gasteiger partial charge in [0.25, 0.3) is 0 Å². The lowest BCUT2D eigenvalue weighted by atomic mass is 9.96. The standard InChI is InChI=1S/C22H30N2/c1-2-3-16-24-17-10-15-21(18-24)23-22(19-11-6-4-7-12-19)20-13-8-5-9-14-20/h4-9,11-14,21-23H,2-3,10,15-18H2,1H3. The van der Waals surface area contributed by atoms with Crippen LogP contribution in [0.4, 0.5) is 0 Å². The summed E-state index contributed by atoms with van der Waals surface area (Å²) in [5.74, 6) is 0. The van der Waals surface area contributed by atoms with Gasteiger partial charge in [-0.1, -0.05) is 74.0 Å². The largest absolute Gasteiger partial charge is 0.302 e. The molecule has 3 rings (SSSR count). The van der Waals surface area contributed by atoms with Gasteiger partial charge in [0.2, 0.25) is 0 Å². The second-order valence-corrected chi connectivity index (χ2v) is 6.91. The fourth-order valence-corrected chi connectivity index (χ4v) is 3.69. The highest BCUT2D eigenvalue weighted by Crippen LogP contribution is 2.24. The van der Waals surface area contributed by atoms with Crippen LogP contribution in [-0.2, 0) is 0 Å². The molecule has 1 unspecified atom stereocenters. The van der Waals surface area contributed by atoms with Crippen LogP contribution < -0.4 is 5.32 Å². The van der Waals surface area contributed by atoms with Gasteiger partial charge in [-0.15, -0.1) is 0 Å².